The quantitative estimate of drug-likeness (QED) is 0.836. The summed E-state index contributed by atoms with van der Waals surface area (Å²) in [6.45, 7) is 4.07. The average Bonchev–Trinajstić information content (AvgIpc) is 2.56. The number of amides is 1. The van der Waals surface area contributed by atoms with Crippen molar-refractivity contribution in [1.82, 2.24) is 9.80 Å². The van der Waals surface area contributed by atoms with Crippen molar-refractivity contribution < 1.29 is 9.18 Å². The molecule has 3 rings (SSSR count). The second-order valence-corrected chi connectivity index (χ2v) is 6.13. The van der Waals surface area contributed by atoms with E-state index in [0.717, 1.165) is 25.9 Å². The van der Waals surface area contributed by atoms with Crippen LogP contribution in [0.5, 0.6) is 0 Å². The minimum Gasteiger partial charge on any atom is -0.339 e. The molecule has 1 aromatic rings. The van der Waals surface area contributed by atoms with E-state index >= 15 is 0 Å². The lowest BCUT2D eigenvalue weighted by molar-refractivity contribution is 0.0590. The smallest absolute Gasteiger partial charge is 0.253 e. The highest BCUT2D eigenvalue weighted by Gasteiger charge is 2.27. The van der Waals surface area contributed by atoms with Gasteiger partial charge in [0.2, 0.25) is 0 Å². The normalized spacial score (nSPS) is 21.5. The van der Waals surface area contributed by atoms with E-state index < -0.39 is 0 Å². The van der Waals surface area contributed by atoms with Crippen molar-refractivity contribution in [3.8, 4) is 0 Å². The van der Waals surface area contributed by atoms with Gasteiger partial charge in [-0.05, 0) is 63.0 Å². The number of hydrogen-bond donors (Lipinski definition) is 0. The molecule has 0 saturated carbocycles. The summed E-state index contributed by atoms with van der Waals surface area (Å²) in [5.41, 5.74) is 0.591. The van der Waals surface area contributed by atoms with Gasteiger partial charge in [0.1, 0.15) is 5.82 Å². The number of benzene rings is 1. The van der Waals surface area contributed by atoms with Gasteiger partial charge < -0.3 is 9.80 Å². The van der Waals surface area contributed by atoms with E-state index in [9.17, 15) is 9.18 Å². The molecule has 2 aliphatic heterocycles. The molecule has 1 amide bonds. The molecule has 0 N–H and O–H groups in total. The highest BCUT2D eigenvalue weighted by molar-refractivity contribution is 5.94. The Labute approximate surface area is 125 Å². The molecule has 0 aromatic heterocycles. The largest absolute Gasteiger partial charge is 0.339 e. The summed E-state index contributed by atoms with van der Waals surface area (Å²) in [5.74, 6) is -0.262. The van der Waals surface area contributed by atoms with Gasteiger partial charge in [0.05, 0.1) is 0 Å². The number of halogens is 1. The molecule has 1 aromatic carbocycles. The van der Waals surface area contributed by atoms with Crippen LogP contribution in [0.25, 0.3) is 0 Å². The van der Waals surface area contributed by atoms with E-state index in [1.54, 1.807) is 12.1 Å². The fraction of sp³-hybridized carbons (Fsp3) is 0.588. The third kappa shape index (κ3) is 3.43. The van der Waals surface area contributed by atoms with Crippen LogP contribution in [0.2, 0.25) is 0 Å². The number of piperidine rings is 2. The lowest BCUT2D eigenvalue weighted by Gasteiger charge is -2.40. The summed E-state index contributed by atoms with van der Waals surface area (Å²) in [5, 5.41) is 0. The Balaban J connectivity index is 1.55. The second-order valence-electron chi connectivity index (χ2n) is 6.13. The number of hydrogen-bond acceptors (Lipinski definition) is 2. The van der Waals surface area contributed by atoms with E-state index in [4.69, 9.17) is 0 Å². The Morgan fingerprint density at radius 1 is 0.952 bits per heavy atom. The van der Waals surface area contributed by atoms with Gasteiger partial charge in [-0.1, -0.05) is 6.42 Å². The zero-order chi connectivity index (χ0) is 14.7. The SMILES string of the molecule is O=C(c1ccc(F)cc1)N1CCC(N2CCCCC2)CC1. The summed E-state index contributed by atoms with van der Waals surface area (Å²) in [6.07, 6.45) is 6.11. The van der Waals surface area contributed by atoms with Crippen LogP contribution in [0, 0.1) is 5.82 Å². The van der Waals surface area contributed by atoms with Gasteiger partial charge in [-0.15, -0.1) is 0 Å². The summed E-state index contributed by atoms with van der Waals surface area (Å²) < 4.78 is 12.9. The summed E-state index contributed by atoms with van der Waals surface area (Å²) in [6, 6.07) is 6.51. The zero-order valence-electron chi connectivity index (χ0n) is 12.4. The molecule has 2 aliphatic rings. The van der Waals surface area contributed by atoms with Gasteiger partial charge >= 0.3 is 0 Å². The second kappa shape index (κ2) is 6.56. The first-order valence-electron chi connectivity index (χ1n) is 8.03. The van der Waals surface area contributed by atoms with Crippen molar-refractivity contribution in [1.29, 1.82) is 0 Å². The number of nitrogens with zero attached hydrogens (tertiary/aromatic N) is 2. The van der Waals surface area contributed by atoms with Gasteiger partial charge in [-0.2, -0.15) is 0 Å². The molecular weight excluding hydrogens is 267 g/mol. The van der Waals surface area contributed by atoms with Gasteiger partial charge in [-0.25, -0.2) is 4.39 Å². The van der Waals surface area contributed by atoms with Gasteiger partial charge in [-0.3, -0.25) is 4.79 Å². The monoisotopic (exact) mass is 290 g/mol. The van der Waals surface area contributed by atoms with Crippen LogP contribution in [-0.4, -0.2) is 47.9 Å². The first kappa shape index (κ1) is 14.5. The van der Waals surface area contributed by atoms with E-state index in [2.05, 4.69) is 4.90 Å². The van der Waals surface area contributed by atoms with Gasteiger partial charge in [0.15, 0.2) is 0 Å². The number of likely N-dealkylation sites (tertiary alicyclic amines) is 2. The van der Waals surface area contributed by atoms with Crippen molar-refractivity contribution >= 4 is 5.91 Å². The number of carbonyl (C=O) groups is 1. The topological polar surface area (TPSA) is 23.6 Å². The van der Waals surface area contributed by atoms with Gasteiger partial charge in [0.25, 0.3) is 5.91 Å². The average molecular weight is 290 g/mol. The van der Waals surface area contributed by atoms with Crippen LogP contribution in [0.3, 0.4) is 0 Å². The molecule has 0 atom stereocenters. The van der Waals surface area contributed by atoms with E-state index in [0.29, 0.717) is 11.6 Å². The minimum absolute atomic E-state index is 0.0343. The maximum Gasteiger partial charge on any atom is 0.253 e. The first-order chi connectivity index (χ1) is 10.2. The molecule has 0 unspecified atom stereocenters. The highest BCUT2D eigenvalue weighted by atomic mass is 19.1. The molecule has 3 nitrogen and oxygen atoms in total. The Morgan fingerprint density at radius 2 is 1.57 bits per heavy atom. The van der Waals surface area contributed by atoms with Crippen molar-refractivity contribution in [3.63, 3.8) is 0 Å². The van der Waals surface area contributed by atoms with Crippen molar-refractivity contribution in [2.24, 2.45) is 0 Å². The molecule has 21 heavy (non-hydrogen) atoms. The van der Waals surface area contributed by atoms with E-state index in [1.165, 1.54) is 44.5 Å². The standard InChI is InChI=1S/C17H23FN2O/c18-15-6-4-14(5-7-15)17(21)20-12-8-16(9-13-20)19-10-2-1-3-11-19/h4-7,16H,1-3,8-13H2. The molecule has 2 heterocycles. The lowest BCUT2D eigenvalue weighted by Crippen LogP contribution is -2.48. The predicted octanol–water partition coefficient (Wildman–Crippen LogP) is 2.92. The first-order valence-corrected chi connectivity index (χ1v) is 8.03. The van der Waals surface area contributed by atoms with Crippen LogP contribution >= 0.6 is 0 Å². The van der Waals surface area contributed by atoms with Crippen LogP contribution in [-0.2, 0) is 0 Å². The molecular formula is C17H23FN2O. The Hall–Kier alpha value is -1.42. The number of carbonyl (C=O) groups excluding carboxylic acids is 1. The Kier molecular flexibility index (Phi) is 4.54. The van der Waals surface area contributed by atoms with Crippen molar-refractivity contribution in [2.45, 2.75) is 38.1 Å². The van der Waals surface area contributed by atoms with E-state index in [-0.39, 0.29) is 11.7 Å². The summed E-state index contributed by atoms with van der Waals surface area (Å²) in [4.78, 5) is 16.9. The lowest BCUT2D eigenvalue weighted by atomic mass is 9.99. The maximum atomic E-state index is 12.9. The minimum atomic E-state index is -0.296. The van der Waals surface area contributed by atoms with Crippen LogP contribution in [0.15, 0.2) is 24.3 Å². The molecule has 0 bridgehead atoms. The van der Waals surface area contributed by atoms with E-state index in [1.807, 2.05) is 4.90 Å². The maximum absolute atomic E-state index is 12.9. The predicted molar refractivity (Wildman–Crippen MR) is 80.7 cm³/mol. The van der Waals surface area contributed by atoms with Crippen LogP contribution in [0.1, 0.15) is 42.5 Å². The third-order valence-electron chi connectivity index (χ3n) is 4.75. The van der Waals surface area contributed by atoms with Crippen LogP contribution < -0.4 is 0 Å². The summed E-state index contributed by atoms with van der Waals surface area (Å²) >= 11 is 0. The summed E-state index contributed by atoms with van der Waals surface area (Å²) in [7, 11) is 0. The molecule has 0 aliphatic carbocycles. The molecule has 114 valence electrons. The van der Waals surface area contributed by atoms with Crippen molar-refractivity contribution in [3.05, 3.63) is 35.6 Å². The molecule has 4 heteroatoms. The molecule has 2 saturated heterocycles. The Morgan fingerprint density at radius 3 is 2.19 bits per heavy atom. The molecule has 2 fully saturated rings. The molecule has 0 radical (unpaired) electrons. The molecule has 0 spiro atoms. The van der Waals surface area contributed by atoms with Crippen LogP contribution in [0.4, 0.5) is 4.39 Å². The zero-order valence-corrected chi connectivity index (χ0v) is 12.4. The third-order valence-corrected chi connectivity index (χ3v) is 4.75. The fourth-order valence-electron chi connectivity index (χ4n) is 3.49. The fourth-order valence-corrected chi connectivity index (χ4v) is 3.49. The highest BCUT2D eigenvalue weighted by Crippen LogP contribution is 2.22. The Bertz CT molecular complexity index is 474. The number of rotatable bonds is 2. The van der Waals surface area contributed by atoms with Crippen molar-refractivity contribution in [2.75, 3.05) is 26.2 Å². The van der Waals surface area contributed by atoms with Gasteiger partial charge in [0, 0.05) is 24.7 Å².